The molecule has 1 N–H and O–H groups in total. The number of nitrogens with one attached hydrogen (secondary N) is 1. The zero-order chi connectivity index (χ0) is 18.6. The van der Waals surface area contributed by atoms with E-state index in [9.17, 15) is 14.4 Å². The summed E-state index contributed by atoms with van der Waals surface area (Å²) in [6.07, 6.45) is 0. The van der Waals surface area contributed by atoms with Crippen LogP contribution in [0.2, 0.25) is 0 Å². The molecule has 0 unspecified atom stereocenters. The van der Waals surface area contributed by atoms with Gasteiger partial charge in [-0.1, -0.05) is 18.2 Å². The van der Waals surface area contributed by atoms with Gasteiger partial charge < -0.3 is 18.9 Å². The number of carbonyl (C=O) groups excluding carboxylic acids is 3. The Bertz CT molecular complexity index is 660. The average molecular weight is 351 g/mol. The predicted molar refractivity (Wildman–Crippen MR) is 85.7 cm³/mol. The molecule has 1 fully saturated rings. The van der Waals surface area contributed by atoms with E-state index in [4.69, 9.17) is 18.9 Å². The van der Waals surface area contributed by atoms with E-state index in [-0.39, 0.29) is 0 Å². The third kappa shape index (κ3) is 3.43. The van der Waals surface area contributed by atoms with Crippen LogP contribution < -0.4 is 10.1 Å². The van der Waals surface area contributed by atoms with E-state index < -0.39 is 41.8 Å². The first-order valence-corrected chi connectivity index (χ1v) is 7.62. The second kappa shape index (κ2) is 7.98. The highest BCUT2D eigenvalue weighted by atomic mass is 16.5. The van der Waals surface area contributed by atoms with Crippen LogP contribution in [0.25, 0.3) is 0 Å². The zero-order valence-electron chi connectivity index (χ0n) is 14.5. The molecule has 2 rings (SSSR count). The van der Waals surface area contributed by atoms with Gasteiger partial charge in [0.25, 0.3) is 0 Å². The molecule has 1 aromatic rings. The number of benzene rings is 1. The molecule has 1 heterocycles. The van der Waals surface area contributed by atoms with Gasteiger partial charge in [-0.05, 0) is 6.07 Å². The van der Waals surface area contributed by atoms with Crippen LogP contribution in [0.4, 0.5) is 0 Å². The third-order valence-corrected chi connectivity index (χ3v) is 4.34. The smallest absolute Gasteiger partial charge is 0.323 e. The van der Waals surface area contributed by atoms with Crippen molar-refractivity contribution in [1.82, 2.24) is 5.32 Å². The Hall–Kier alpha value is -2.61. The fourth-order valence-corrected chi connectivity index (χ4v) is 3.20. The molecule has 0 radical (unpaired) electrons. The van der Waals surface area contributed by atoms with Gasteiger partial charge >= 0.3 is 17.9 Å². The lowest BCUT2D eigenvalue weighted by atomic mass is 9.84. The minimum Gasteiger partial charge on any atom is -0.496 e. The molecular formula is C17H21NO7. The minimum absolute atomic E-state index is 0.517. The van der Waals surface area contributed by atoms with Crippen molar-refractivity contribution in [2.45, 2.75) is 12.1 Å². The van der Waals surface area contributed by atoms with Gasteiger partial charge in [0.1, 0.15) is 11.8 Å². The fraction of sp³-hybridized carbons (Fsp3) is 0.471. The van der Waals surface area contributed by atoms with Crippen LogP contribution in [-0.4, -0.2) is 52.4 Å². The van der Waals surface area contributed by atoms with Crippen molar-refractivity contribution in [2.24, 2.45) is 11.8 Å². The summed E-state index contributed by atoms with van der Waals surface area (Å²) in [5.41, 5.74) is 0.626. The Kier molecular flexibility index (Phi) is 5.97. The minimum atomic E-state index is -1.08. The summed E-state index contributed by atoms with van der Waals surface area (Å²) in [7, 11) is 5.13. The molecule has 0 aromatic heterocycles. The molecule has 0 bridgehead atoms. The van der Waals surface area contributed by atoms with E-state index in [2.05, 4.69) is 5.32 Å². The van der Waals surface area contributed by atoms with Crippen LogP contribution in [0.3, 0.4) is 0 Å². The van der Waals surface area contributed by atoms with Gasteiger partial charge in [0.05, 0.1) is 46.3 Å². The monoisotopic (exact) mass is 351 g/mol. The van der Waals surface area contributed by atoms with E-state index in [1.165, 1.54) is 28.4 Å². The van der Waals surface area contributed by atoms with Crippen molar-refractivity contribution in [1.29, 1.82) is 0 Å². The van der Waals surface area contributed by atoms with Crippen molar-refractivity contribution in [3.05, 3.63) is 29.8 Å². The van der Waals surface area contributed by atoms with Gasteiger partial charge in [-0.3, -0.25) is 19.7 Å². The van der Waals surface area contributed by atoms with Crippen molar-refractivity contribution >= 4 is 17.9 Å². The highest BCUT2D eigenvalue weighted by molar-refractivity contribution is 5.91. The quantitative estimate of drug-likeness (QED) is 0.603. The molecule has 0 spiro atoms. The number of methoxy groups -OCH3 is 4. The van der Waals surface area contributed by atoms with Crippen molar-refractivity contribution in [3.63, 3.8) is 0 Å². The summed E-state index contributed by atoms with van der Waals surface area (Å²) >= 11 is 0. The maximum Gasteiger partial charge on any atom is 0.323 e. The fourth-order valence-electron chi connectivity index (χ4n) is 3.20. The van der Waals surface area contributed by atoms with Crippen molar-refractivity contribution in [3.8, 4) is 5.75 Å². The lowest BCUT2D eigenvalue weighted by Gasteiger charge is -2.22. The van der Waals surface area contributed by atoms with Gasteiger partial charge in [-0.15, -0.1) is 0 Å². The number of rotatable bonds is 5. The lowest BCUT2D eigenvalue weighted by molar-refractivity contribution is -0.159. The molecule has 136 valence electrons. The summed E-state index contributed by atoms with van der Waals surface area (Å²) in [4.78, 5) is 36.9. The first-order chi connectivity index (χ1) is 12.0. The topological polar surface area (TPSA) is 100 Å². The number of ether oxygens (including phenoxy) is 4. The number of para-hydroxylation sites is 1. The van der Waals surface area contributed by atoms with E-state index in [0.717, 1.165) is 0 Å². The standard InChI is InChI=1S/C17H21NO7/c1-22-10-8-6-5-7-9(10)13-11(15(19)23-2)12(16(20)24-3)14(18-13)17(21)25-4/h5-8,11-14,18H,1-4H3/t11-,12+,13-,14-/m1/s1. The van der Waals surface area contributed by atoms with Gasteiger partial charge in [0.2, 0.25) is 0 Å². The maximum atomic E-state index is 12.4. The Morgan fingerprint density at radius 3 is 1.96 bits per heavy atom. The molecular weight excluding hydrogens is 330 g/mol. The van der Waals surface area contributed by atoms with Crippen LogP contribution >= 0.6 is 0 Å². The van der Waals surface area contributed by atoms with Crippen LogP contribution in [0.15, 0.2) is 24.3 Å². The second-order valence-corrected chi connectivity index (χ2v) is 5.49. The summed E-state index contributed by atoms with van der Waals surface area (Å²) < 4.78 is 19.8. The molecule has 8 heteroatoms. The number of carbonyl (C=O) groups is 3. The van der Waals surface area contributed by atoms with Crippen LogP contribution in [0.1, 0.15) is 11.6 Å². The van der Waals surface area contributed by atoms with Crippen molar-refractivity contribution < 1.29 is 33.3 Å². The summed E-state index contributed by atoms with van der Waals surface area (Å²) in [5.74, 6) is -3.54. The molecule has 0 amide bonds. The number of hydrogen-bond donors (Lipinski definition) is 1. The lowest BCUT2D eigenvalue weighted by Crippen LogP contribution is -2.42. The van der Waals surface area contributed by atoms with E-state index in [0.29, 0.717) is 11.3 Å². The molecule has 1 saturated heterocycles. The van der Waals surface area contributed by atoms with Gasteiger partial charge in [0, 0.05) is 5.56 Å². The molecule has 1 aliphatic heterocycles. The molecule has 8 nitrogen and oxygen atoms in total. The first-order valence-electron chi connectivity index (χ1n) is 7.62. The summed E-state index contributed by atoms with van der Waals surface area (Å²) in [5, 5.41) is 3.01. The van der Waals surface area contributed by atoms with Crippen LogP contribution in [-0.2, 0) is 28.6 Å². The van der Waals surface area contributed by atoms with E-state index in [1.54, 1.807) is 24.3 Å². The first kappa shape index (κ1) is 18.7. The molecule has 1 aliphatic rings. The van der Waals surface area contributed by atoms with E-state index >= 15 is 0 Å². The van der Waals surface area contributed by atoms with Gasteiger partial charge in [-0.2, -0.15) is 0 Å². The highest BCUT2D eigenvalue weighted by Crippen LogP contribution is 2.42. The molecule has 4 atom stereocenters. The van der Waals surface area contributed by atoms with Crippen molar-refractivity contribution in [2.75, 3.05) is 28.4 Å². The Morgan fingerprint density at radius 2 is 1.40 bits per heavy atom. The average Bonchev–Trinajstić information content (AvgIpc) is 3.06. The Balaban J connectivity index is 2.55. The highest BCUT2D eigenvalue weighted by Gasteiger charge is 2.55. The molecule has 1 aromatic carbocycles. The summed E-state index contributed by atoms with van der Waals surface area (Å²) in [6, 6.07) is 5.30. The Labute approximate surface area is 145 Å². The second-order valence-electron chi connectivity index (χ2n) is 5.49. The molecule has 0 aliphatic carbocycles. The van der Waals surface area contributed by atoms with Crippen LogP contribution in [0.5, 0.6) is 5.75 Å². The Morgan fingerprint density at radius 1 is 0.840 bits per heavy atom. The van der Waals surface area contributed by atoms with Crippen LogP contribution in [0, 0.1) is 11.8 Å². The predicted octanol–water partition coefficient (Wildman–Crippen LogP) is 0.460. The SMILES string of the molecule is COC(=O)[C@@H]1[C@H](C(=O)OC)[C@H](C(=O)OC)N[C@@H]1c1ccccc1OC. The largest absolute Gasteiger partial charge is 0.496 e. The van der Waals surface area contributed by atoms with Gasteiger partial charge in [0.15, 0.2) is 0 Å². The normalized spacial score (nSPS) is 25.1. The molecule has 0 saturated carbocycles. The maximum absolute atomic E-state index is 12.4. The zero-order valence-corrected chi connectivity index (χ0v) is 14.5. The molecule has 25 heavy (non-hydrogen) atoms. The number of esters is 3. The third-order valence-electron chi connectivity index (χ3n) is 4.34. The summed E-state index contributed by atoms with van der Waals surface area (Å²) in [6.45, 7) is 0. The van der Waals surface area contributed by atoms with Gasteiger partial charge in [-0.25, -0.2) is 0 Å². The number of hydrogen-bond acceptors (Lipinski definition) is 8. The van der Waals surface area contributed by atoms with E-state index in [1.807, 2.05) is 0 Å².